The molecule has 0 heterocycles. The zero-order valence-corrected chi connectivity index (χ0v) is 9.22. The van der Waals surface area contributed by atoms with Gasteiger partial charge in [0.15, 0.2) is 0 Å². The summed E-state index contributed by atoms with van der Waals surface area (Å²) in [4.78, 5) is 1.24. The second-order valence-electron chi connectivity index (χ2n) is 3.21. The second-order valence-corrected chi connectivity index (χ2v) is 4.36. The second kappa shape index (κ2) is 6.68. The van der Waals surface area contributed by atoms with E-state index >= 15 is 0 Å². The molecule has 0 aliphatic rings. The first kappa shape index (κ1) is 11.3. The fourth-order valence-corrected chi connectivity index (χ4v) is 1.98. The molecule has 0 saturated carbocycles. The summed E-state index contributed by atoms with van der Waals surface area (Å²) in [6.45, 7) is 4.77. The van der Waals surface area contributed by atoms with Gasteiger partial charge in [-0.15, -0.1) is 11.8 Å². The van der Waals surface area contributed by atoms with Gasteiger partial charge in [0, 0.05) is 5.75 Å². The maximum Gasteiger partial charge on any atom is 0.0228 e. The summed E-state index contributed by atoms with van der Waals surface area (Å²) in [7, 11) is 0. The third-order valence-electron chi connectivity index (χ3n) is 1.95. The quantitative estimate of drug-likeness (QED) is 0.775. The van der Waals surface area contributed by atoms with Crippen LogP contribution in [0.4, 0.5) is 0 Å². The minimum absolute atomic E-state index is 0.755. The van der Waals surface area contributed by atoms with Crippen LogP contribution in [0.5, 0.6) is 0 Å². The molecule has 0 bridgehead atoms. The van der Waals surface area contributed by atoms with E-state index in [-0.39, 0.29) is 0 Å². The normalized spacial score (nSPS) is 10.1. The molecule has 0 unspecified atom stereocenters. The molecule has 1 nitrogen and oxygen atoms in total. The SMILES string of the molecule is C=C(CCCN)SCc1ccccc1. The summed E-state index contributed by atoms with van der Waals surface area (Å²) in [5.74, 6) is 1.02. The molecule has 0 saturated heterocycles. The number of thioether (sulfide) groups is 1. The van der Waals surface area contributed by atoms with Gasteiger partial charge in [-0.25, -0.2) is 0 Å². The van der Waals surface area contributed by atoms with Gasteiger partial charge in [0.25, 0.3) is 0 Å². The maximum atomic E-state index is 5.43. The van der Waals surface area contributed by atoms with Gasteiger partial charge in [-0.3, -0.25) is 0 Å². The molecule has 1 aromatic rings. The van der Waals surface area contributed by atoms with E-state index in [0.717, 1.165) is 25.1 Å². The van der Waals surface area contributed by atoms with E-state index in [2.05, 4.69) is 30.8 Å². The fraction of sp³-hybridized carbons (Fsp3) is 0.333. The van der Waals surface area contributed by atoms with Crippen LogP contribution >= 0.6 is 11.8 Å². The van der Waals surface area contributed by atoms with E-state index in [1.165, 1.54) is 10.5 Å². The molecule has 0 fully saturated rings. The smallest absolute Gasteiger partial charge is 0.0228 e. The summed E-state index contributed by atoms with van der Waals surface area (Å²) < 4.78 is 0. The first-order chi connectivity index (χ1) is 6.83. The number of hydrogen-bond donors (Lipinski definition) is 1. The van der Waals surface area contributed by atoms with E-state index in [1.54, 1.807) is 0 Å². The lowest BCUT2D eigenvalue weighted by Crippen LogP contribution is -1.97. The molecule has 0 aliphatic heterocycles. The van der Waals surface area contributed by atoms with Crippen LogP contribution in [-0.4, -0.2) is 6.54 Å². The van der Waals surface area contributed by atoms with Crippen LogP contribution in [0.2, 0.25) is 0 Å². The van der Waals surface area contributed by atoms with Crippen LogP contribution in [0, 0.1) is 0 Å². The standard InChI is InChI=1S/C12H17NS/c1-11(6-5-9-13)14-10-12-7-3-2-4-8-12/h2-4,7-8H,1,5-6,9-10,13H2. The van der Waals surface area contributed by atoms with Gasteiger partial charge >= 0.3 is 0 Å². The van der Waals surface area contributed by atoms with Crippen molar-refractivity contribution in [1.82, 2.24) is 0 Å². The van der Waals surface area contributed by atoms with Crippen LogP contribution in [0.1, 0.15) is 18.4 Å². The lowest BCUT2D eigenvalue weighted by Gasteiger charge is -2.04. The molecule has 1 aromatic carbocycles. The molecule has 0 aliphatic carbocycles. The Bertz CT molecular complexity index is 269. The van der Waals surface area contributed by atoms with Crippen LogP contribution in [0.25, 0.3) is 0 Å². The fourth-order valence-electron chi connectivity index (χ4n) is 1.13. The molecule has 0 radical (unpaired) electrons. The average molecular weight is 207 g/mol. The summed E-state index contributed by atoms with van der Waals surface area (Å²) in [6.07, 6.45) is 2.08. The van der Waals surface area contributed by atoms with E-state index < -0.39 is 0 Å². The van der Waals surface area contributed by atoms with Crippen molar-refractivity contribution < 1.29 is 0 Å². The number of benzene rings is 1. The van der Waals surface area contributed by atoms with Gasteiger partial charge in [0.2, 0.25) is 0 Å². The van der Waals surface area contributed by atoms with Gasteiger partial charge in [-0.2, -0.15) is 0 Å². The molecule has 2 N–H and O–H groups in total. The van der Waals surface area contributed by atoms with Crippen molar-refractivity contribution in [3.8, 4) is 0 Å². The summed E-state index contributed by atoms with van der Waals surface area (Å²) in [6, 6.07) is 10.5. The first-order valence-electron chi connectivity index (χ1n) is 4.87. The van der Waals surface area contributed by atoms with Gasteiger partial charge < -0.3 is 5.73 Å². The van der Waals surface area contributed by atoms with Gasteiger partial charge in [-0.05, 0) is 29.9 Å². The van der Waals surface area contributed by atoms with Crippen molar-refractivity contribution in [3.05, 3.63) is 47.4 Å². The van der Waals surface area contributed by atoms with Crippen molar-refractivity contribution in [2.24, 2.45) is 5.73 Å². The van der Waals surface area contributed by atoms with Crippen molar-refractivity contribution >= 4 is 11.8 Å². The Hall–Kier alpha value is -0.730. The first-order valence-corrected chi connectivity index (χ1v) is 5.86. The Morgan fingerprint density at radius 2 is 2.00 bits per heavy atom. The Morgan fingerprint density at radius 3 is 2.64 bits per heavy atom. The zero-order chi connectivity index (χ0) is 10.2. The van der Waals surface area contributed by atoms with Crippen molar-refractivity contribution in [3.63, 3.8) is 0 Å². The summed E-state index contributed by atoms with van der Waals surface area (Å²) in [5, 5.41) is 0. The molecule has 0 amide bonds. The molecule has 0 atom stereocenters. The highest BCUT2D eigenvalue weighted by Gasteiger charge is 1.96. The number of nitrogens with two attached hydrogens (primary N) is 1. The van der Waals surface area contributed by atoms with Crippen molar-refractivity contribution in [2.75, 3.05) is 6.54 Å². The maximum absolute atomic E-state index is 5.43. The topological polar surface area (TPSA) is 26.0 Å². The van der Waals surface area contributed by atoms with E-state index in [0.29, 0.717) is 0 Å². The lowest BCUT2D eigenvalue weighted by atomic mass is 10.2. The predicted octanol–water partition coefficient (Wildman–Crippen LogP) is 3.17. The predicted molar refractivity (Wildman–Crippen MR) is 65.2 cm³/mol. The van der Waals surface area contributed by atoms with Gasteiger partial charge in [-0.1, -0.05) is 36.9 Å². The third kappa shape index (κ3) is 4.49. The highest BCUT2D eigenvalue weighted by Crippen LogP contribution is 2.22. The molecular weight excluding hydrogens is 190 g/mol. The van der Waals surface area contributed by atoms with E-state index in [4.69, 9.17) is 5.73 Å². The molecule has 1 rings (SSSR count). The van der Waals surface area contributed by atoms with E-state index in [1.807, 2.05) is 17.8 Å². The highest BCUT2D eigenvalue weighted by molar-refractivity contribution is 8.02. The third-order valence-corrected chi connectivity index (χ3v) is 3.04. The van der Waals surface area contributed by atoms with Crippen LogP contribution in [-0.2, 0) is 5.75 Å². The molecule has 0 spiro atoms. The van der Waals surface area contributed by atoms with Crippen LogP contribution in [0.15, 0.2) is 41.8 Å². The monoisotopic (exact) mass is 207 g/mol. The Balaban J connectivity index is 2.24. The Morgan fingerprint density at radius 1 is 1.29 bits per heavy atom. The zero-order valence-electron chi connectivity index (χ0n) is 8.41. The van der Waals surface area contributed by atoms with Crippen molar-refractivity contribution in [1.29, 1.82) is 0 Å². The van der Waals surface area contributed by atoms with Crippen LogP contribution < -0.4 is 5.73 Å². The molecule has 14 heavy (non-hydrogen) atoms. The minimum atomic E-state index is 0.755. The number of hydrogen-bond acceptors (Lipinski definition) is 2. The molecule has 2 heteroatoms. The molecule has 0 aromatic heterocycles. The number of allylic oxidation sites excluding steroid dienone is 1. The van der Waals surface area contributed by atoms with Crippen molar-refractivity contribution in [2.45, 2.75) is 18.6 Å². The minimum Gasteiger partial charge on any atom is -0.330 e. The summed E-state index contributed by atoms with van der Waals surface area (Å²) >= 11 is 1.82. The molecular formula is C12H17NS. The Kier molecular flexibility index (Phi) is 5.42. The Labute approximate surface area is 90.4 Å². The largest absolute Gasteiger partial charge is 0.330 e. The number of rotatable bonds is 6. The van der Waals surface area contributed by atoms with Gasteiger partial charge in [0.1, 0.15) is 0 Å². The average Bonchev–Trinajstić information content (AvgIpc) is 2.25. The van der Waals surface area contributed by atoms with Crippen LogP contribution in [0.3, 0.4) is 0 Å². The molecule has 76 valence electrons. The van der Waals surface area contributed by atoms with Gasteiger partial charge in [0.05, 0.1) is 0 Å². The highest BCUT2D eigenvalue weighted by atomic mass is 32.2. The lowest BCUT2D eigenvalue weighted by molar-refractivity contribution is 0.849. The summed E-state index contributed by atoms with van der Waals surface area (Å²) in [5.41, 5.74) is 6.79. The van der Waals surface area contributed by atoms with E-state index in [9.17, 15) is 0 Å².